The molecule has 0 radical (unpaired) electrons. The number of allylic oxidation sites excluding steroid dienone is 2. The first kappa shape index (κ1) is 32.0. The minimum absolute atomic E-state index is 0.121. The van der Waals surface area contributed by atoms with Gasteiger partial charge in [0, 0.05) is 44.2 Å². The van der Waals surface area contributed by atoms with Gasteiger partial charge in [0.15, 0.2) is 5.76 Å². The van der Waals surface area contributed by atoms with Crippen molar-refractivity contribution in [1.82, 2.24) is 14.8 Å². The van der Waals surface area contributed by atoms with Crippen molar-refractivity contribution in [2.75, 3.05) is 32.0 Å². The molecule has 1 aromatic heterocycles. The number of carboxylic acid groups (broad SMARTS) is 2. The second-order valence-corrected chi connectivity index (χ2v) is 11.3. The molecule has 3 unspecified atom stereocenters. The molecule has 0 saturated carbocycles. The van der Waals surface area contributed by atoms with Crippen molar-refractivity contribution in [3.05, 3.63) is 65.1 Å². The number of amides is 1. The maximum Gasteiger partial charge on any atom is 0.407 e. The zero-order chi connectivity index (χ0) is 33.3. The summed E-state index contributed by atoms with van der Waals surface area (Å²) < 4.78 is 43.5. The molecular weight excluding hydrogens is 608 g/mol. The van der Waals surface area contributed by atoms with Crippen LogP contribution in [0.2, 0.25) is 0 Å². The molecule has 5 rings (SSSR count). The second kappa shape index (κ2) is 12.5. The number of benzene rings is 1. The number of carboxylic acids is 1. The lowest BCUT2D eigenvalue weighted by Gasteiger charge is -2.36. The summed E-state index contributed by atoms with van der Waals surface area (Å²) in [7, 11) is 1.87. The van der Waals surface area contributed by atoms with Gasteiger partial charge in [-0.05, 0) is 38.0 Å². The van der Waals surface area contributed by atoms with Crippen LogP contribution in [0.3, 0.4) is 0 Å². The predicted molar refractivity (Wildman–Crippen MR) is 162 cm³/mol. The predicted octanol–water partition coefficient (Wildman–Crippen LogP) is 3.90. The maximum absolute atomic E-state index is 16.0. The Kier molecular flexibility index (Phi) is 8.72. The third-order valence-electron chi connectivity index (χ3n) is 8.19. The SMILES string of the molecule is CC1CC(Nc2c(F)c(OC3=C(O)C=CC(C(=N)N)(C(=O)O)C3)nc(Oc3cccc(C4=NCCN4C)c3)c2F)CCN1C(=O)O. The van der Waals surface area contributed by atoms with Gasteiger partial charge in [0.05, 0.1) is 6.54 Å². The number of aliphatic hydroxyl groups excluding tert-OH is 1. The Morgan fingerprint density at radius 2 is 1.89 bits per heavy atom. The van der Waals surface area contributed by atoms with Crippen molar-refractivity contribution in [3.8, 4) is 17.5 Å². The first-order chi connectivity index (χ1) is 21.8. The number of likely N-dealkylation sites (tertiary alicyclic amines) is 1. The number of nitrogens with zero attached hydrogens (tertiary/aromatic N) is 4. The molecule has 7 N–H and O–H groups in total. The van der Waals surface area contributed by atoms with E-state index in [0.717, 1.165) is 18.7 Å². The average molecular weight is 642 g/mol. The van der Waals surface area contributed by atoms with E-state index in [9.17, 15) is 24.9 Å². The molecule has 14 nitrogen and oxygen atoms in total. The van der Waals surface area contributed by atoms with Crippen molar-refractivity contribution in [3.63, 3.8) is 0 Å². The van der Waals surface area contributed by atoms with Gasteiger partial charge in [-0.2, -0.15) is 13.8 Å². The number of anilines is 1. The van der Waals surface area contributed by atoms with Crippen LogP contribution in [0.15, 0.2) is 52.9 Å². The van der Waals surface area contributed by atoms with Gasteiger partial charge in [-0.15, -0.1) is 0 Å². The number of ether oxygens (including phenoxy) is 2. The number of hydrogen-bond donors (Lipinski definition) is 6. The van der Waals surface area contributed by atoms with E-state index >= 15 is 8.78 Å². The number of pyridine rings is 1. The van der Waals surface area contributed by atoms with Gasteiger partial charge >= 0.3 is 12.1 Å². The molecule has 3 aliphatic rings. The zero-order valence-corrected chi connectivity index (χ0v) is 25.0. The molecule has 2 aromatic rings. The molecule has 1 fully saturated rings. The highest BCUT2D eigenvalue weighted by atomic mass is 19.1. The van der Waals surface area contributed by atoms with Gasteiger partial charge in [-0.1, -0.05) is 18.2 Å². The lowest BCUT2D eigenvalue weighted by molar-refractivity contribution is -0.143. The fourth-order valence-corrected chi connectivity index (χ4v) is 5.58. The van der Waals surface area contributed by atoms with E-state index in [1.165, 1.54) is 11.0 Å². The summed E-state index contributed by atoms with van der Waals surface area (Å²) in [6, 6.07) is 5.60. The van der Waals surface area contributed by atoms with Crippen molar-refractivity contribution in [1.29, 1.82) is 5.41 Å². The van der Waals surface area contributed by atoms with Crippen LogP contribution in [0.4, 0.5) is 19.3 Å². The molecule has 0 spiro atoms. The van der Waals surface area contributed by atoms with E-state index in [2.05, 4.69) is 15.3 Å². The number of piperidine rings is 1. The monoisotopic (exact) mass is 641 g/mol. The molecule has 0 bridgehead atoms. The van der Waals surface area contributed by atoms with E-state index in [4.69, 9.17) is 20.6 Å². The number of nitrogens with one attached hydrogen (secondary N) is 2. The third kappa shape index (κ3) is 6.09. The molecule has 2 aliphatic heterocycles. The standard InChI is InChI=1S/C30H33F2N7O7/c1-15-12-17(7-10-39(15)29(43)44)36-23-21(31)25(45-18-5-3-4-16(13-18)24-35-9-11-38(24)2)37-26(22(23)32)46-20-14-30(27(33)34,28(41)42)8-6-19(20)40/h3-6,8,13,15,17,40H,7,9-12,14H2,1-2H3,(H3,33,34)(H,36,37)(H,41,42)(H,43,44). The number of aliphatic carboxylic acids is 1. The zero-order valence-electron chi connectivity index (χ0n) is 25.0. The highest BCUT2D eigenvalue weighted by Crippen LogP contribution is 2.40. The van der Waals surface area contributed by atoms with Crippen molar-refractivity contribution in [2.24, 2.45) is 16.1 Å². The number of carbonyl (C=O) groups is 2. The first-order valence-electron chi connectivity index (χ1n) is 14.4. The molecule has 3 heterocycles. The number of aliphatic hydroxyl groups is 1. The lowest BCUT2D eigenvalue weighted by atomic mass is 9.79. The summed E-state index contributed by atoms with van der Waals surface area (Å²) in [5, 5.41) is 40.3. The van der Waals surface area contributed by atoms with Gasteiger partial charge in [-0.3, -0.25) is 15.2 Å². The summed E-state index contributed by atoms with van der Waals surface area (Å²) in [5.74, 6) is -6.56. The lowest BCUT2D eigenvalue weighted by Crippen LogP contribution is -2.47. The molecule has 1 aliphatic carbocycles. The molecule has 16 heteroatoms. The van der Waals surface area contributed by atoms with E-state index in [0.29, 0.717) is 17.9 Å². The quantitative estimate of drug-likeness (QED) is 0.171. The van der Waals surface area contributed by atoms with Gasteiger partial charge in [0.2, 0.25) is 11.6 Å². The van der Waals surface area contributed by atoms with Crippen LogP contribution in [0, 0.1) is 22.5 Å². The Morgan fingerprint density at radius 1 is 1.17 bits per heavy atom. The number of rotatable bonds is 9. The summed E-state index contributed by atoms with van der Waals surface area (Å²) in [6.07, 6.45) is 0.665. The number of amidine groups is 2. The molecule has 1 aromatic carbocycles. The van der Waals surface area contributed by atoms with Crippen molar-refractivity contribution in [2.45, 2.75) is 38.3 Å². The Hall–Kier alpha value is -5.41. The first-order valence-corrected chi connectivity index (χ1v) is 14.4. The van der Waals surface area contributed by atoms with Crippen LogP contribution < -0.4 is 20.5 Å². The molecule has 1 saturated heterocycles. The van der Waals surface area contributed by atoms with Crippen molar-refractivity contribution < 1.29 is 43.2 Å². The number of halogens is 2. The number of likely N-dealkylation sites (N-methyl/N-ethyl adjacent to an activating group) is 1. The van der Waals surface area contributed by atoms with E-state index in [1.807, 2.05) is 11.9 Å². The van der Waals surface area contributed by atoms with Crippen LogP contribution >= 0.6 is 0 Å². The van der Waals surface area contributed by atoms with Gasteiger partial charge in [-0.25, -0.2) is 4.79 Å². The normalized spacial score (nSPS) is 22.8. The third-order valence-corrected chi connectivity index (χ3v) is 8.19. The maximum atomic E-state index is 16.0. The Balaban J connectivity index is 1.52. The Labute approximate surface area is 261 Å². The summed E-state index contributed by atoms with van der Waals surface area (Å²) >= 11 is 0. The van der Waals surface area contributed by atoms with E-state index in [-0.39, 0.29) is 25.1 Å². The summed E-state index contributed by atoms with van der Waals surface area (Å²) in [5.41, 5.74) is 3.48. The van der Waals surface area contributed by atoms with Crippen LogP contribution in [0.5, 0.6) is 17.5 Å². The highest BCUT2D eigenvalue weighted by molar-refractivity contribution is 6.05. The molecule has 244 valence electrons. The van der Waals surface area contributed by atoms with E-state index < -0.39 is 82.4 Å². The number of hydrogen-bond acceptors (Lipinski definition) is 10. The summed E-state index contributed by atoms with van der Waals surface area (Å²) in [4.78, 5) is 35.1. The highest BCUT2D eigenvalue weighted by Gasteiger charge is 2.44. The molecule has 1 amide bonds. The van der Waals surface area contributed by atoms with E-state index in [1.54, 1.807) is 25.1 Å². The largest absolute Gasteiger partial charge is 0.504 e. The van der Waals surface area contributed by atoms with Gasteiger partial charge in [0.1, 0.15) is 34.3 Å². The Bertz CT molecular complexity index is 1660. The summed E-state index contributed by atoms with van der Waals surface area (Å²) in [6.45, 7) is 3.13. The second-order valence-electron chi connectivity index (χ2n) is 11.3. The minimum atomic E-state index is -2.09. The van der Waals surface area contributed by atoms with Gasteiger partial charge in [0.25, 0.3) is 11.8 Å². The number of aliphatic imine (C=N–C) groups is 1. The fraction of sp³-hybridized carbons (Fsp3) is 0.367. The van der Waals surface area contributed by atoms with Crippen LogP contribution in [0.1, 0.15) is 31.7 Å². The van der Waals surface area contributed by atoms with Gasteiger partial charge < -0.3 is 45.6 Å². The molecular formula is C30H33F2N7O7. The van der Waals surface area contributed by atoms with Crippen LogP contribution in [-0.2, 0) is 4.79 Å². The minimum Gasteiger partial charge on any atom is -0.504 e. The van der Waals surface area contributed by atoms with Crippen LogP contribution in [0.25, 0.3) is 0 Å². The van der Waals surface area contributed by atoms with Crippen molar-refractivity contribution >= 4 is 29.4 Å². The fourth-order valence-electron chi connectivity index (χ4n) is 5.58. The van der Waals surface area contributed by atoms with Crippen LogP contribution in [-0.4, -0.2) is 92.6 Å². The Morgan fingerprint density at radius 3 is 2.50 bits per heavy atom. The average Bonchev–Trinajstić information content (AvgIpc) is 3.44. The molecule has 46 heavy (non-hydrogen) atoms. The smallest absolute Gasteiger partial charge is 0.407 e. The number of nitrogens with two attached hydrogens (primary N) is 1. The number of aromatic nitrogens is 1. The molecule has 3 atom stereocenters. The topological polar surface area (TPSA) is 207 Å².